The number of hydrogen-bond acceptors (Lipinski definition) is 3. The largest absolute Gasteiger partial charge is 0.479 e. The van der Waals surface area contributed by atoms with Gasteiger partial charge in [-0.15, -0.1) is 0 Å². The molecular formula is C15H22O3. The van der Waals surface area contributed by atoms with Crippen molar-refractivity contribution in [1.82, 2.24) is 0 Å². The summed E-state index contributed by atoms with van der Waals surface area (Å²) in [7, 11) is 1.36. The Balaban J connectivity index is 2.90. The van der Waals surface area contributed by atoms with Gasteiger partial charge < -0.3 is 9.47 Å². The Morgan fingerprint density at radius 1 is 1.28 bits per heavy atom. The van der Waals surface area contributed by atoms with Crippen molar-refractivity contribution in [1.29, 1.82) is 0 Å². The SMILES string of the molecule is COC(=O)[C@H](C)Oc1ccc(C(C)(C)C)cc1C. The minimum absolute atomic E-state index is 0.108. The first-order chi connectivity index (χ1) is 8.25. The molecule has 1 aromatic carbocycles. The quantitative estimate of drug-likeness (QED) is 0.773. The minimum Gasteiger partial charge on any atom is -0.479 e. The molecule has 0 saturated carbocycles. The van der Waals surface area contributed by atoms with E-state index in [-0.39, 0.29) is 11.4 Å². The lowest BCUT2D eigenvalue weighted by Crippen LogP contribution is -2.25. The fraction of sp³-hybridized carbons (Fsp3) is 0.533. The van der Waals surface area contributed by atoms with Gasteiger partial charge in [0.1, 0.15) is 5.75 Å². The number of aryl methyl sites for hydroxylation is 1. The first-order valence-electron chi connectivity index (χ1n) is 6.11. The maximum absolute atomic E-state index is 11.3. The van der Waals surface area contributed by atoms with E-state index in [1.165, 1.54) is 12.7 Å². The van der Waals surface area contributed by atoms with Gasteiger partial charge in [-0.3, -0.25) is 0 Å². The predicted octanol–water partition coefficient (Wildman–Crippen LogP) is 3.23. The maximum Gasteiger partial charge on any atom is 0.346 e. The molecular weight excluding hydrogens is 228 g/mol. The molecule has 3 nitrogen and oxygen atoms in total. The molecule has 1 rings (SSSR count). The zero-order valence-electron chi connectivity index (χ0n) is 12.0. The number of benzene rings is 1. The van der Waals surface area contributed by atoms with Crippen LogP contribution < -0.4 is 4.74 Å². The van der Waals surface area contributed by atoms with Crippen molar-refractivity contribution < 1.29 is 14.3 Å². The van der Waals surface area contributed by atoms with E-state index in [4.69, 9.17) is 4.74 Å². The molecule has 0 unspecified atom stereocenters. The van der Waals surface area contributed by atoms with Crippen molar-refractivity contribution in [2.45, 2.75) is 46.1 Å². The van der Waals surface area contributed by atoms with Gasteiger partial charge in [-0.05, 0) is 36.5 Å². The number of ether oxygens (including phenoxy) is 2. The van der Waals surface area contributed by atoms with E-state index in [0.717, 1.165) is 11.3 Å². The van der Waals surface area contributed by atoms with Crippen LogP contribution in [0.3, 0.4) is 0 Å². The molecule has 0 fully saturated rings. The summed E-state index contributed by atoms with van der Waals surface area (Å²) in [5.74, 6) is 0.357. The summed E-state index contributed by atoms with van der Waals surface area (Å²) in [5.41, 5.74) is 2.38. The molecule has 0 aliphatic rings. The monoisotopic (exact) mass is 250 g/mol. The zero-order chi connectivity index (χ0) is 13.9. The Morgan fingerprint density at radius 2 is 1.89 bits per heavy atom. The van der Waals surface area contributed by atoms with Crippen LogP contribution in [0, 0.1) is 6.92 Å². The van der Waals surface area contributed by atoms with Crippen molar-refractivity contribution in [3.8, 4) is 5.75 Å². The molecule has 1 aromatic rings. The molecule has 0 saturated heterocycles. The van der Waals surface area contributed by atoms with Crippen LogP contribution in [0.15, 0.2) is 18.2 Å². The van der Waals surface area contributed by atoms with Gasteiger partial charge >= 0.3 is 5.97 Å². The van der Waals surface area contributed by atoms with Crippen LogP contribution in [-0.4, -0.2) is 19.2 Å². The van der Waals surface area contributed by atoms with Gasteiger partial charge in [-0.25, -0.2) is 4.79 Å². The van der Waals surface area contributed by atoms with Crippen LogP contribution in [0.25, 0.3) is 0 Å². The molecule has 0 radical (unpaired) electrons. The Hall–Kier alpha value is -1.51. The number of rotatable bonds is 3. The highest BCUT2D eigenvalue weighted by molar-refractivity contribution is 5.74. The van der Waals surface area contributed by atoms with E-state index in [0.29, 0.717) is 0 Å². The van der Waals surface area contributed by atoms with Crippen molar-refractivity contribution in [2.75, 3.05) is 7.11 Å². The lowest BCUT2D eigenvalue weighted by atomic mass is 9.86. The average Bonchev–Trinajstić information content (AvgIpc) is 2.29. The Kier molecular flexibility index (Phi) is 4.38. The third kappa shape index (κ3) is 3.49. The summed E-state index contributed by atoms with van der Waals surface area (Å²) in [5, 5.41) is 0. The number of methoxy groups -OCH3 is 1. The van der Waals surface area contributed by atoms with E-state index in [2.05, 4.69) is 31.6 Å². The second kappa shape index (κ2) is 5.42. The Bertz CT molecular complexity index is 430. The Labute approximate surface area is 109 Å². The van der Waals surface area contributed by atoms with Gasteiger partial charge in [0.15, 0.2) is 6.10 Å². The van der Waals surface area contributed by atoms with Crippen LogP contribution >= 0.6 is 0 Å². The second-order valence-electron chi connectivity index (χ2n) is 5.51. The normalized spacial score (nSPS) is 13.0. The summed E-state index contributed by atoms with van der Waals surface area (Å²) >= 11 is 0. The molecule has 0 amide bonds. The molecule has 0 aromatic heterocycles. The van der Waals surface area contributed by atoms with Gasteiger partial charge in [-0.2, -0.15) is 0 Å². The topological polar surface area (TPSA) is 35.5 Å². The van der Waals surface area contributed by atoms with Crippen LogP contribution in [0.1, 0.15) is 38.8 Å². The zero-order valence-corrected chi connectivity index (χ0v) is 12.0. The molecule has 3 heteroatoms. The standard InChI is InChI=1S/C15H22O3/c1-10-9-12(15(3,4)5)7-8-13(10)18-11(2)14(16)17-6/h7-9,11H,1-6H3/t11-/m0/s1. The highest BCUT2D eigenvalue weighted by atomic mass is 16.6. The molecule has 0 bridgehead atoms. The fourth-order valence-electron chi connectivity index (χ4n) is 1.65. The van der Waals surface area contributed by atoms with Crippen LogP contribution in [0.4, 0.5) is 0 Å². The van der Waals surface area contributed by atoms with Crippen LogP contribution in [0.2, 0.25) is 0 Å². The Morgan fingerprint density at radius 3 is 2.33 bits per heavy atom. The van der Waals surface area contributed by atoms with E-state index in [1.807, 2.05) is 19.1 Å². The molecule has 0 heterocycles. The summed E-state index contributed by atoms with van der Waals surface area (Å²) in [4.78, 5) is 11.3. The summed E-state index contributed by atoms with van der Waals surface area (Å²) in [6, 6.07) is 6.04. The molecule has 1 atom stereocenters. The van der Waals surface area contributed by atoms with Gasteiger partial charge in [0.25, 0.3) is 0 Å². The van der Waals surface area contributed by atoms with E-state index in [9.17, 15) is 4.79 Å². The van der Waals surface area contributed by atoms with Gasteiger partial charge in [0.05, 0.1) is 7.11 Å². The first kappa shape index (κ1) is 14.6. The van der Waals surface area contributed by atoms with Crippen molar-refractivity contribution >= 4 is 5.97 Å². The van der Waals surface area contributed by atoms with Gasteiger partial charge in [0, 0.05) is 0 Å². The second-order valence-corrected chi connectivity index (χ2v) is 5.51. The fourth-order valence-corrected chi connectivity index (χ4v) is 1.65. The summed E-state index contributed by atoms with van der Waals surface area (Å²) in [6.45, 7) is 10.2. The molecule has 18 heavy (non-hydrogen) atoms. The molecule has 100 valence electrons. The maximum atomic E-state index is 11.3. The highest BCUT2D eigenvalue weighted by Crippen LogP contribution is 2.28. The molecule has 0 N–H and O–H groups in total. The third-order valence-corrected chi connectivity index (χ3v) is 2.88. The first-order valence-corrected chi connectivity index (χ1v) is 6.11. The predicted molar refractivity (Wildman–Crippen MR) is 72.0 cm³/mol. The van der Waals surface area contributed by atoms with Crippen LogP contribution in [0.5, 0.6) is 5.75 Å². The molecule has 0 spiro atoms. The van der Waals surface area contributed by atoms with E-state index >= 15 is 0 Å². The number of esters is 1. The number of carbonyl (C=O) groups is 1. The van der Waals surface area contributed by atoms with E-state index in [1.54, 1.807) is 6.92 Å². The van der Waals surface area contributed by atoms with E-state index < -0.39 is 6.10 Å². The summed E-state index contributed by atoms with van der Waals surface area (Å²) in [6.07, 6.45) is -0.589. The van der Waals surface area contributed by atoms with Gasteiger partial charge in [0.2, 0.25) is 0 Å². The smallest absolute Gasteiger partial charge is 0.346 e. The highest BCUT2D eigenvalue weighted by Gasteiger charge is 2.18. The number of carbonyl (C=O) groups excluding carboxylic acids is 1. The van der Waals surface area contributed by atoms with Crippen molar-refractivity contribution in [3.05, 3.63) is 29.3 Å². The molecule has 0 aliphatic carbocycles. The van der Waals surface area contributed by atoms with Crippen molar-refractivity contribution in [3.63, 3.8) is 0 Å². The van der Waals surface area contributed by atoms with Crippen molar-refractivity contribution in [2.24, 2.45) is 0 Å². The lowest BCUT2D eigenvalue weighted by Gasteiger charge is -2.21. The van der Waals surface area contributed by atoms with Crippen LogP contribution in [-0.2, 0) is 14.9 Å². The third-order valence-electron chi connectivity index (χ3n) is 2.88. The number of hydrogen-bond donors (Lipinski definition) is 0. The average molecular weight is 250 g/mol. The van der Waals surface area contributed by atoms with Gasteiger partial charge in [-0.1, -0.05) is 32.9 Å². The minimum atomic E-state index is -0.589. The lowest BCUT2D eigenvalue weighted by molar-refractivity contribution is -0.147. The summed E-state index contributed by atoms with van der Waals surface area (Å²) < 4.78 is 10.2. The molecule has 0 aliphatic heterocycles.